The van der Waals surface area contributed by atoms with Gasteiger partial charge in [-0.05, 0) is 184 Å². The van der Waals surface area contributed by atoms with Crippen molar-refractivity contribution >= 4 is 20.2 Å². The minimum absolute atomic E-state index is 0.0579. The lowest BCUT2D eigenvalue weighted by Crippen LogP contribution is -2.50. The standard InChI is InChI=1S/C36H44O6S2/c37-43(38,39)33-8-7-32(29-3-1-2-4-30(29)33)42-44(40,41)34-15-28(35-16-22-9-23(17-35)11-24(10-22)18-35)5-6-31(34)36-19-25-12-26(20-36)14-27(13-25)21-36/h5-8,15,22-27H,1-4,9-14,16-21H2,(H,37,38,39)/p-1. The third-order valence-electron chi connectivity index (χ3n) is 13.4. The topological polar surface area (TPSA) is 101 Å². The van der Waals surface area contributed by atoms with Gasteiger partial charge in [-0.1, -0.05) is 12.1 Å². The van der Waals surface area contributed by atoms with Crippen LogP contribution in [0.1, 0.15) is 112 Å². The van der Waals surface area contributed by atoms with E-state index in [9.17, 15) is 21.4 Å². The van der Waals surface area contributed by atoms with Gasteiger partial charge >= 0.3 is 10.1 Å². The SMILES string of the molecule is O=S(=O)([O-])c1ccc(OS(=O)(=O)c2cc(C34CC5CC(CC(C5)C3)C4)ccc2C23CC4CC(CC(C4)C2)C3)c2c1CCCC2. The first-order valence-electron chi connectivity index (χ1n) is 17.2. The Hall–Kier alpha value is -1.90. The van der Waals surface area contributed by atoms with Crippen molar-refractivity contribution in [3.05, 3.63) is 52.6 Å². The highest BCUT2D eigenvalue weighted by molar-refractivity contribution is 7.87. The zero-order valence-electron chi connectivity index (χ0n) is 25.4. The average molecular weight is 636 g/mol. The largest absolute Gasteiger partial charge is 0.744 e. The van der Waals surface area contributed by atoms with Crippen LogP contribution in [0.2, 0.25) is 0 Å². The van der Waals surface area contributed by atoms with Crippen molar-refractivity contribution in [2.24, 2.45) is 35.5 Å². The summed E-state index contributed by atoms with van der Waals surface area (Å²) in [5.41, 5.74) is 3.07. The molecule has 0 amide bonds. The first-order chi connectivity index (χ1) is 21.0. The molecule has 2 aromatic rings. The van der Waals surface area contributed by atoms with Crippen LogP contribution in [0.15, 0.2) is 40.1 Å². The highest BCUT2D eigenvalue weighted by Crippen LogP contribution is 2.63. The van der Waals surface area contributed by atoms with Crippen LogP contribution in [0.3, 0.4) is 0 Å². The quantitative estimate of drug-likeness (QED) is 0.246. The lowest BCUT2D eigenvalue weighted by atomic mass is 9.47. The molecule has 236 valence electrons. The minimum Gasteiger partial charge on any atom is -0.744 e. The maximum Gasteiger partial charge on any atom is 0.339 e. The lowest BCUT2D eigenvalue weighted by Gasteiger charge is -2.58. The smallest absolute Gasteiger partial charge is 0.339 e. The summed E-state index contributed by atoms with van der Waals surface area (Å²) in [6.07, 6.45) is 17.0. The fourth-order valence-corrected chi connectivity index (χ4v) is 14.7. The predicted molar refractivity (Wildman–Crippen MR) is 165 cm³/mol. The van der Waals surface area contributed by atoms with Crippen molar-refractivity contribution in [1.82, 2.24) is 0 Å². The van der Waals surface area contributed by atoms with Gasteiger partial charge in [-0.3, -0.25) is 0 Å². The molecule has 11 rings (SSSR count). The summed E-state index contributed by atoms with van der Waals surface area (Å²) in [7, 11) is -8.91. The zero-order valence-corrected chi connectivity index (χ0v) is 27.1. The van der Waals surface area contributed by atoms with Gasteiger partial charge in [-0.25, -0.2) is 8.42 Å². The summed E-state index contributed by atoms with van der Waals surface area (Å²) in [5.74, 6) is 4.47. The zero-order chi connectivity index (χ0) is 30.1. The Morgan fingerprint density at radius 1 is 0.614 bits per heavy atom. The molecular formula is C36H43O6S2-. The van der Waals surface area contributed by atoms with Crippen molar-refractivity contribution in [2.75, 3.05) is 0 Å². The molecular weight excluding hydrogens is 593 g/mol. The lowest BCUT2D eigenvalue weighted by molar-refractivity contribution is -0.00808. The van der Waals surface area contributed by atoms with E-state index in [1.54, 1.807) is 0 Å². The summed E-state index contributed by atoms with van der Waals surface area (Å²) in [5, 5.41) is 0. The van der Waals surface area contributed by atoms with E-state index in [4.69, 9.17) is 4.18 Å². The molecule has 2 aromatic carbocycles. The number of fused-ring (bicyclic) bond motifs is 1. The summed E-state index contributed by atoms with van der Waals surface area (Å²) in [4.78, 5) is 0.104. The normalized spacial score (nSPS) is 38.6. The minimum atomic E-state index is -4.67. The molecule has 44 heavy (non-hydrogen) atoms. The predicted octanol–water partition coefficient (Wildman–Crippen LogP) is 7.17. The molecule has 9 aliphatic carbocycles. The number of benzene rings is 2. The molecule has 0 heterocycles. The molecule has 0 unspecified atom stereocenters. The maximum absolute atomic E-state index is 14.7. The molecule has 0 atom stereocenters. The van der Waals surface area contributed by atoms with E-state index < -0.39 is 20.2 Å². The molecule has 9 aliphatic rings. The molecule has 8 heteroatoms. The van der Waals surface area contributed by atoms with Crippen LogP contribution in [0.25, 0.3) is 0 Å². The third-order valence-corrected chi connectivity index (χ3v) is 15.6. The Morgan fingerprint density at radius 2 is 1.11 bits per heavy atom. The molecule has 0 aromatic heterocycles. The van der Waals surface area contributed by atoms with Gasteiger partial charge in [0.25, 0.3) is 0 Å². The van der Waals surface area contributed by atoms with Crippen LogP contribution in [-0.4, -0.2) is 21.4 Å². The second-order valence-corrected chi connectivity index (χ2v) is 19.2. The third kappa shape index (κ3) is 4.40. The molecule has 0 spiro atoms. The number of hydrogen-bond donors (Lipinski definition) is 0. The van der Waals surface area contributed by atoms with Gasteiger partial charge in [0.2, 0.25) is 0 Å². The van der Waals surface area contributed by atoms with Gasteiger partial charge in [0.1, 0.15) is 20.8 Å². The van der Waals surface area contributed by atoms with Crippen LogP contribution in [0.4, 0.5) is 0 Å². The van der Waals surface area contributed by atoms with Crippen molar-refractivity contribution in [2.45, 2.75) is 123 Å². The monoisotopic (exact) mass is 635 g/mol. The maximum atomic E-state index is 14.7. The molecule has 8 saturated carbocycles. The molecule has 0 aliphatic heterocycles. The van der Waals surface area contributed by atoms with E-state index in [2.05, 4.69) is 12.1 Å². The first kappa shape index (κ1) is 28.3. The van der Waals surface area contributed by atoms with Crippen molar-refractivity contribution in [1.29, 1.82) is 0 Å². The molecule has 8 bridgehead atoms. The number of rotatable bonds is 6. The molecule has 8 fully saturated rings. The van der Waals surface area contributed by atoms with E-state index in [1.165, 1.54) is 56.2 Å². The second kappa shape index (κ2) is 9.57. The highest BCUT2D eigenvalue weighted by Gasteiger charge is 2.55. The van der Waals surface area contributed by atoms with Gasteiger partial charge < -0.3 is 8.74 Å². The van der Waals surface area contributed by atoms with Crippen LogP contribution in [-0.2, 0) is 43.9 Å². The number of hydrogen-bond acceptors (Lipinski definition) is 6. The summed E-state index contributed by atoms with van der Waals surface area (Å²) >= 11 is 0. The van der Waals surface area contributed by atoms with Crippen LogP contribution < -0.4 is 4.18 Å². The van der Waals surface area contributed by atoms with E-state index in [-0.39, 0.29) is 21.5 Å². The molecule has 0 N–H and O–H groups in total. The van der Waals surface area contributed by atoms with Gasteiger partial charge in [-0.2, -0.15) is 8.42 Å². The van der Waals surface area contributed by atoms with E-state index >= 15 is 0 Å². The van der Waals surface area contributed by atoms with Crippen molar-refractivity contribution < 1.29 is 25.6 Å². The highest BCUT2D eigenvalue weighted by atomic mass is 32.2. The molecule has 6 nitrogen and oxygen atoms in total. The van der Waals surface area contributed by atoms with Gasteiger partial charge in [0.05, 0.1) is 4.90 Å². The summed E-state index contributed by atoms with van der Waals surface area (Å²) in [6.45, 7) is 0. The van der Waals surface area contributed by atoms with Gasteiger partial charge in [-0.15, -0.1) is 0 Å². The fourth-order valence-electron chi connectivity index (χ4n) is 12.7. The Kier molecular flexibility index (Phi) is 6.16. The van der Waals surface area contributed by atoms with E-state index in [0.717, 1.165) is 74.7 Å². The first-order valence-corrected chi connectivity index (χ1v) is 20.0. The second-order valence-electron chi connectivity index (χ2n) is 16.3. The van der Waals surface area contributed by atoms with Crippen LogP contribution >= 0.6 is 0 Å². The van der Waals surface area contributed by atoms with E-state index in [1.807, 2.05) is 6.07 Å². The summed E-state index contributed by atoms with van der Waals surface area (Å²) in [6, 6.07) is 9.18. The van der Waals surface area contributed by atoms with Gasteiger partial charge in [0.15, 0.2) is 0 Å². The Bertz CT molecular complexity index is 1690. The van der Waals surface area contributed by atoms with Crippen LogP contribution in [0.5, 0.6) is 5.75 Å². The Balaban J connectivity index is 1.17. The summed E-state index contributed by atoms with van der Waals surface area (Å²) < 4.78 is 71.6. The average Bonchev–Trinajstić information content (AvgIpc) is 2.95. The molecule has 0 saturated heterocycles. The fraction of sp³-hybridized carbons (Fsp3) is 0.667. The Labute approximate surface area is 262 Å². The van der Waals surface area contributed by atoms with Gasteiger partial charge in [0, 0.05) is 5.56 Å². The van der Waals surface area contributed by atoms with E-state index in [0.29, 0.717) is 46.6 Å². The van der Waals surface area contributed by atoms with Crippen molar-refractivity contribution in [3.63, 3.8) is 0 Å². The Morgan fingerprint density at radius 3 is 1.64 bits per heavy atom. The van der Waals surface area contributed by atoms with Crippen LogP contribution in [0, 0.1) is 35.5 Å². The van der Waals surface area contributed by atoms with Crippen molar-refractivity contribution in [3.8, 4) is 5.75 Å². The molecule has 0 radical (unpaired) electrons.